The summed E-state index contributed by atoms with van der Waals surface area (Å²) in [5.74, 6) is -0.0872. The Kier molecular flexibility index (Phi) is 4.38. The van der Waals surface area contributed by atoms with E-state index in [2.05, 4.69) is 10.4 Å². The Morgan fingerprint density at radius 1 is 1.12 bits per heavy atom. The van der Waals surface area contributed by atoms with E-state index in [1.54, 1.807) is 63.2 Å². The molecule has 0 saturated heterocycles. The summed E-state index contributed by atoms with van der Waals surface area (Å²) in [7, 11) is 0. The van der Waals surface area contributed by atoms with E-state index < -0.39 is 11.7 Å². The first kappa shape index (κ1) is 17.5. The predicted octanol–water partition coefficient (Wildman–Crippen LogP) is 3.65. The van der Waals surface area contributed by atoms with Gasteiger partial charge in [0.05, 0.1) is 5.52 Å². The maximum absolute atomic E-state index is 12.5. The third kappa shape index (κ3) is 3.66. The fourth-order valence-corrected chi connectivity index (χ4v) is 2.44. The zero-order chi connectivity index (χ0) is 18.9. The summed E-state index contributed by atoms with van der Waals surface area (Å²) in [4.78, 5) is 24.9. The van der Waals surface area contributed by atoms with Crippen molar-refractivity contribution in [3.63, 3.8) is 0 Å². The number of benzene rings is 2. The number of nitrogens with zero attached hydrogens (tertiary/aromatic N) is 2. The molecule has 7 nitrogen and oxygen atoms in total. The number of fused-ring (bicyclic) bond motifs is 1. The number of nitrogens with one attached hydrogen (secondary N) is 1. The molecule has 0 unspecified atom stereocenters. The number of anilines is 2. The molecule has 3 rings (SSSR count). The van der Waals surface area contributed by atoms with Crippen LogP contribution >= 0.6 is 0 Å². The number of hydrogen-bond donors (Lipinski definition) is 2. The van der Waals surface area contributed by atoms with Crippen molar-refractivity contribution in [3.05, 3.63) is 54.1 Å². The van der Waals surface area contributed by atoms with Crippen LogP contribution in [0.25, 0.3) is 10.9 Å². The van der Waals surface area contributed by atoms with Gasteiger partial charge in [-0.2, -0.15) is 4.68 Å². The van der Waals surface area contributed by atoms with Crippen LogP contribution < -0.4 is 11.1 Å². The maximum Gasteiger partial charge on any atom is 0.435 e. The van der Waals surface area contributed by atoms with E-state index in [4.69, 9.17) is 10.5 Å². The number of ether oxygens (including phenoxy) is 1. The summed E-state index contributed by atoms with van der Waals surface area (Å²) in [6, 6.07) is 13.7. The van der Waals surface area contributed by atoms with Crippen LogP contribution in [-0.4, -0.2) is 27.4 Å². The van der Waals surface area contributed by atoms with Crippen LogP contribution in [0.5, 0.6) is 0 Å². The second-order valence-electron chi connectivity index (χ2n) is 6.84. The van der Waals surface area contributed by atoms with Crippen molar-refractivity contribution in [1.82, 2.24) is 9.78 Å². The van der Waals surface area contributed by atoms with E-state index in [9.17, 15) is 9.59 Å². The molecule has 26 heavy (non-hydrogen) atoms. The smallest absolute Gasteiger partial charge is 0.435 e. The molecule has 0 fully saturated rings. The molecular weight excluding hydrogens is 332 g/mol. The molecule has 3 N–H and O–H groups in total. The highest BCUT2D eigenvalue weighted by Gasteiger charge is 2.23. The van der Waals surface area contributed by atoms with Gasteiger partial charge in [-0.25, -0.2) is 4.79 Å². The number of rotatable bonds is 2. The van der Waals surface area contributed by atoms with Crippen molar-refractivity contribution in [1.29, 1.82) is 0 Å². The highest BCUT2D eigenvalue weighted by molar-refractivity contribution is 6.09. The molecule has 1 amide bonds. The van der Waals surface area contributed by atoms with E-state index in [0.29, 0.717) is 22.2 Å². The number of nitrogens with two attached hydrogens (primary N) is 1. The van der Waals surface area contributed by atoms with Crippen LogP contribution in [0.2, 0.25) is 0 Å². The topological polar surface area (TPSA) is 99.2 Å². The minimum Gasteiger partial charge on any atom is -0.442 e. The van der Waals surface area contributed by atoms with Gasteiger partial charge in [0.1, 0.15) is 5.60 Å². The first-order chi connectivity index (χ1) is 12.2. The Labute approximate surface area is 150 Å². The van der Waals surface area contributed by atoms with Crippen molar-refractivity contribution in [2.75, 3.05) is 11.1 Å². The third-order valence-electron chi connectivity index (χ3n) is 3.54. The van der Waals surface area contributed by atoms with E-state index in [0.717, 1.165) is 4.68 Å². The summed E-state index contributed by atoms with van der Waals surface area (Å²) >= 11 is 0. The first-order valence-electron chi connectivity index (χ1n) is 8.12. The molecule has 134 valence electrons. The molecule has 0 radical (unpaired) electrons. The lowest BCUT2D eigenvalue weighted by Gasteiger charge is -2.19. The van der Waals surface area contributed by atoms with Gasteiger partial charge in [-0.3, -0.25) is 4.79 Å². The highest BCUT2D eigenvalue weighted by Crippen LogP contribution is 2.26. The molecule has 0 aliphatic rings. The Morgan fingerprint density at radius 2 is 1.81 bits per heavy atom. The largest absolute Gasteiger partial charge is 0.442 e. The van der Waals surface area contributed by atoms with Gasteiger partial charge in [0.2, 0.25) is 0 Å². The van der Waals surface area contributed by atoms with E-state index >= 15 is 0 Å². The predicted molar refractivity (Wildman–Crippen MR) is 100 cm³/mol. The van der Waals surface area contributed by atoms with Gasteiger partial charge in [-0.05, 0) is 51.1 Å². The molecule has 0 saturated carbocycles. The minimum atomic E-state index is -0.670. The molecule has 0 aliphatic heterocycles. The molecule has 0 atom stereocenters. The molecule has 1 aromatic heterocycles. The van der Waals surface area contributed by atoms with Crippen molar-refractivity contribution in [2.45, 2.75) is 26.4 Å². The Bertz CT molecular complexity index is 972. The second kappa shape index (κ2) is 6.51. The fourth-order valence-electron chi connectivity index (χ4n) is 2.44. The number of hydrogen-bond acceptors (Lipinski definition) is 5. The summed E-state index contributed by atoms with van der Waals surface area (Å²) in [5.41, 5.74) is 6.66. The van der Waals surface area contributed by atoms with E-state index in [1.807, 2.05) is 6.07 Å². The average molecular weight is 352 g/mol. The highest BCUT2D eigenvalue weighted by atomic mass is 16.6. The van der Waals surface area contributed by atoms with Crippen LogP contribution in [0.1, 0.15) is 31.1 Å². The lowest BCUT2D eigenvalue weighted by molar-refractivity contribution is 0.0522. The fraction of sp³-hybridized carbons (Fsp3) is 0.211. The summed E-state index contributed by atoms with van der Waals surface area (Å²) in [6.07, 6.45) is -0.632. The van der Waals surface area contributed by atoms with Gasteiger partial charge < -0.3 is 15.8 Å². The lowest BCUT2D eigenvalue weighted by Crippen LogP contribution is -2.27. The number of amides is 1. The second-order valence-corrected chi connectivity index (χ2v) is 6.84. The Hall–Kier alpha value is -3.35. The van der Waals surface area contributed by atoms with Crippen LogP contribution in [-0.2, 0) is 4.74 Å². The first-order valence-corrected chi connectivity index (χ1v) is 8.12. The Balaban J connectivity index is 2.01. The van der Waals surface area contributed by atoms with Gasteiger partial charge >= 0.3 is 6.09 Å². The quantitative estimate of drug-likeness (QED) is 0.686. The van der Waals surface area contributed by atoms with Crippen molar-refractivity contribution in [3.8, 4) is 0 Å². The van der Waals surface area contributed by atoms with Gasteiger partial charge in [-0.1, -0.05) is 18.2 Å². The van der Waals surface area contributed by atoms with Crippen molar-refractivity contribution >= 4 is 34.4 Å². The lowest BCUT2D eigenvalue weighted by atomic mass is 10.2. The van der Waals surface area contributed by atoms with Gasteiger partial charge in [0.25, 0.3) is 5.91 Å². The molecule has 0 spiro atoms. The summed E-state index contributed by atoms with van der Waals surface area (Å²) < 4.78 is 6.51. The number of carbonyl (C=O) groups is 2. The summed E-state index contributed by atoms with van der Waals surface area (Å²) in [5, 5.41) is 7.52. The minimum absolute atomic E-state index is 0.243. The van der Waals surface area contributed by atoms with Crippen molar-refractivity contribution < 1.29 is 14.3 Å². The SMILES string of the molecule is CC(C)(C)OC(=O)n1nc(NC(=O)c2ccccc2)c2cc(N)ccc21. The zero-order valence-corrected chi connectivity index (χ0v) is 14.8. The van der Waals surface area contributed by atoms with Crippen LogP contribution in [0.3, 0.4) is 0 Å². The molecule has 2 aromatic carbocycles. The monoisotopic (exact) mass is 352 g/mol. The number of nitrogen functional groups attached to an aromatic ring is 1. The molecular formula is C19H20N4O3. The van der Waals surface area contributed by atoms with Gasteiger partial charge in [-0.15, -0.1) is 5.10 Å². The van der Waals surface area contributed by atoms with Gasteiger partial charge in [0.15, 0.2) is 5.82 Å². The van der Waals surface area contributed by atoms with Crippen molar-refractivity contribution in [2.24, 2.45) is 0 Å². The number of aromatic nitrogens is 2. The molecule has 3 aromatic rings. The normalized spacial score (nSPS) is 11.3. The van der Waals surface area contributed by atoms with E-state index in [1.165, 1.54) is 0 Å². The maximum atomic E-state index is 12.5. The van der Waals surface area contributed by atoms with Gasteiger partial charge in [0, 0.05) is 16.6 Å². The van der Waals surface area contributed by atoms with Crippen LogP contribution in [0.15, 0.2) is 48.5 Å². The molecule has 0 aliphatic carbocycles. The third-order valence-corrected chi connectivity index (χ3v) is 3.54. The van der Waals surface area contributed by atoms with Crippen LogP contribution in [0.4, 0.5) is 16.3 Å². The zero-order valence-electron chi connectivity index (χ0n) is 14.8. The van der Waals surface area contributed by atoms with E-state index in [-0.39, 0.29) is 11.7 Å². The Morgan fingerprint density at radius 3 is 2.46 bits per heavy atom. The number of carbonyl (C=O) groups excluding carboxylic acids is 2. The summed E-state index contributed by atoms with van der Waals surface area (Å²) in [6.45, 7) is 5.31. The molecule has 7 heteroatoms. The van der Waals surface area contributed by atoms with Crippen LogP contribution in [0, 0.1) is 0 Å². The standard InChI is InChI=1S/C19H20N4O3/c1-19(2,3)26-18(25)23-15-10-9-13(20)11-14(15)16(22-23)21-17(24)12-7-5-4-6-8-12/h4-11H,20H2,1-3H3,(H,21,22,24). The molecule has 0 bridgehead atoms. The average Bonchev–Trinajstić information content (AvgIpc) is 2.92. The molecule has 1 heterocycles.